The van der Waals surface area contributed by atoms with Crippen molar-refractivity contribution in [2.24, 2.45) is 0 Å². The first-order valence-corrected chi connectivity index (χ1v) is 8.69. The fourth-order valence-corrected chi connectivity index (χ4v) is 3.13. The molecule has 26 heavy (non-hydrogen) atoms. The summed E-state index contributed by atoms with van der Waals surface area (Å²) in [5.41, 5.74) is 3.90. The molecule has 0 aliphatic carbocycles. The normalized spacial score (nSPS) is 16.1. The standard InChI is InChI=1S/C20H20N4O2/c25-20(16-6-9-21-10-7-16)22-12-18-19-17(8-11-26-18)14-24(23-19)13-15-4-2-1-3-5-15/h1-7,9-10,14,18H,8,11-13H2,(H,22,25)/t18-/m1/s1. The van der Waals surface area contributed by atoms with Crippen LogP contribution in [0.1, 0.15) is 33.3 Å². The molecule has 132 valence electrons. The molecular weight excluding hydrogens is 328 g/mol. The van der Waals surface area contributed by atoms with Crippen LogP contribution < -0.4 is 5.32 Å². The van der Waals surface area contributed by atoms with Gasteiger partial charge in [0.05, 0.1) is 18.8 Å². The van der Waals surface area contributed by atoms with E-state index in [-0.39, 0.29) is 12.0 Å². The number of rotatable bonds is 5. The maximum absolute atomic E-state index is 12.2. The molecule has 3 heterocycles. The van der Waals surface area contributed by atoms with Crippen molar-refractivity contribution in [1.29, 1.82) is 0 Å². The zero-order chi connectivity index (χ0) is 17.8. The highest BCUT2D eigenvalue weighted by atomic mass is 16.5. The van der Waals surface area contributed by atoms with E-state index in [0.717, 1.165) is 18.7 Å². The average molecular weight is 348 g/mol. The molecule has 0 fully saturated rings. The van der Waals surface area contributed by atoms with Gasteiger partial charge in [-0.2, -0.15) is 5.10 Å². The van der Waals surface area contributed by atoms with Gasteiger partial charge in [-0.15, -0.1) is 0 Å². The molecule has 0 bridgehead atoms. The van der Waals surface area contributed by atoms with E-state index < -0.39 is 0 Å². The van der Waals surface area contributed by atoms with Gasteiger partial charge in [0, 0.05) is 30.7 Å². The predicted octanol–water partition coefficient (Wildman–Crippen LogP) is 2.37. The first-order chi connectivity index (χ1) is 12.8. The monoisotopic (exact) mass is 348 g/mol. The van der Waals surface area contributed by atoms with E-state index in [0.29, 0.717) is 18.7 Å². The molecule has 4 rings (SSSR count). The largest absolute Gasteiger partial charge is 0.370 e. The van der Waals surface area contributed by atoms with Gasteiger partial charge in [0.1, 0.15) is 6.10 Å². The molecule has 2 aromatic heterocycles. The van der Waals surface area contributed by atoms with Crippen molar-refractivity contribution < 1.29 is 9.53 Å². The highest BCUT2D eigenvalue weighted by Gasteiger charge is 2.25. The third kappa shape index (κ3) is 3.65. The van der Waals surface area contributed by atoms with Crippen LogP contribution in [0.5, 0.6) is 0 Å². The Morgan fingerprint density at radius 1 is 1.19 bits per heavy atom. The molecule has 0 saturated carbocycles. The van der Waals surface area contributed by atoms with E-state index in [1.54, 1.807) is 24.5 Å². The molecule has 0 saturated heterocycles. The highest BCUT2D eigenvalue weighted by molar-refractivity contribution is 5.93. The van der Waals surface area contributed by atoms with Crippen molar-refractivity contribution in [3.63, 3.8) is 0 Å². The number of hydrogen-bond acceptors (Lipinski definition) is 4. The van der Waals surface area contributed by atoms with Crippen molar-refractivity contribution in [2.45, 2.75) is 19.1 Å². The van der Waals surface area contributed by atoms with Crippen LogP contribution in [0.3, 0.4) is 0 Å². The summed E-state index contributed by atoms with van der Waals surface area (Å²) in [5.74, 6) is -0.133. The second-order valence-corrected chi connectivity index (χ2v) is 6.28. The lowest BCUT2D eigenvalue weighted by Gasteiger charge is -2.22. The van der Waals surface area contributed by atoms with Crippen molar-refractivity contribution in [3.8, 4) is 0 Å². The molecule has 1 aliphatic heterocycles. The smallest absolute Gasteiger partial charge is 0.251 e. The molecule has 1 aromatic carbocycles. The number of nitrogens with zero attached hydrogens (tertiary/aromatic N) is 3. The van der Waals surface area contributed by atoms with Crippen LogP contribution >= 0.6 is 0 Å². The third-order valence-electron chi connectivity index (χ3n) is 4.44. The number of benzene rings is 1. The number of nitrogens with one attached hydrogen (secondary N) is 1. The zero-order valence-electron chi connectivity index (χ0n) is 14.3. The number of ether oxygens (including phenoxy) is 1. The molecule has 1 N–H and O–H groups in total. The van der Waals surface area contributed by atoms with Crippen LogP contribution in [-0.4, -0.2) is 33.8 Å². The van der Waals surface area contributed by atoms with E-state index in [9.17, 15) is 4.79 Å². The summed E-state index contributed by atoms with van der Waals surface area (Å²) in [5, 5.41) is 7.64. The summed E-state index contributed by atoms with van der Waals surface area (Å²) in [7, 11) is 0. The first-order valence-electron chi connectivity index (χ1n) is 8.69. The van der Waals surface area contributed by atoms with Gasteiger partial charge in [0.2, 0.25) is 0 Å². The lowest BCUT2D eigenvalue weighted by molar-refractivity contribution is 0.0383. The number of carbonyl (C=O) groups is 1. The summed E-state index contributed by atoms with van der Waals surface area (Å²) in [4.78, 5) is 16.2. The van der Waals surface area contributed by atoms with Gasteiger partial charge in [-0.05, 0) is 29.7 Å². The topological polar surface area (TPSA) is 69.0 Å². The van der Waals surface area contributed by atoms with Gasteiger partial charge in [0.15, 0.2) is 0 Å². The third-order valence-corrected chi connectivity index (χ3v) is 4.44. The molecule has 0 unspecified atom stereocenters. The van der Waals surface area contributed by atoms with Gasteiger partial charge in [-0.3, -0.25) is 14.5 Å². The molecule has 1 aliphatic rings. The van der Waals surface area contributed by atoms with Gasteiger partial charge in [-0.1, -0.05) is 30.3 Å². The Kier molecular flexibility index (Phi) is 4.75. The Bertz CT molecular complexity index is 877. The Morgan fingerprint density at radius 3 is 2.81 bits per heavy atom. The van der Waals surface area contributed by atoms with Crippen molar-refractivity contribution in [2.75, 3.05) is 13.2 Å². The maximum Gasteiger partial charge on any atom is 0.251 e. The summed E-state index contributed by atoms with van der Waals surface area (Å²) >= 11 is 0. The minimum absolute atomic E-state index is 0.133. The van der Waals surface area contributed by atoms with Crippen LogP contribution in [0.25, 0.3) is 0 Å². The summed E-state index contributed by atoms with van der Waals surface area (Å²) in [6, 6.07) is 13.6. The SMILES string of the molecule is O=C(NC[C@H]1OCCc2cn(Cc3ccccc3)nc21)c1ccncc1. The number of hydrogen-bond donors (Lipinski definition) is 1. The molecule has 3 aromatic rings. The van der Waals surface area contributed by atoms with E-state index in [4.69, 9.17) is 9.84 Å². The fourth-order valence-electron chi connectivity index (χ4n) is 3.13. The Morgan fingerprint density at radius 2 is 2.00 bits per heavy atom. The van der Waals surface area contributed by atoms with E-state index in [1.165, 1.54) is 11.1 Å². The molecular formula is C20H20N4O2. The summed E-state index contributed by atoms with van der Waals surface area (Å²) in [6.07, 6.45) is 5.92. The first kappa shape index (κ1) is 16.5. The minimum atomic E-state index is -0.221. The average Bonchev–Trinajstić information content (AvgIpc) is 3.10. The van der Waals surface area contributed by atoms with Crippen molar-refractivity contribution in [3.05, 3.63) is 83.4 Å². The minimum Gasteiger partial charge on any atom is -0.370 e. The second kappa shape index (κ2) is 7.49. The molecule has 1 atom stereocenters. The molecule has 6 heteroatoms. The lowest BCUT2D eigenvalue weighted by Crippen LogP contribution is -2.31. The second-order valence-electron chi connectivity index (χ2n) is 6.28. The molecule has 1 amide bonds. The number of carbonyl (C=O) groups excluding carboxylic acids is 1. The zero-order valence-corrected chi connectivity index (χ0v) is 14.3. The summed E-state index contributed by atoms with van der Waals surface area (Å²) in [6.45, 7) is 1.76. The van der Waals surface area contributed by atoms with E-state index in [2.05, 4.69) is 28.6 Å². The van der Waals surface area contributed by atoms with Gasteiger partial charge < -0.3 is 10.1 Å². The Balaban J connectivity index is 1.44. The van der Waals surface area contributed by atoms with E-state index >= 15 is 0 Å². The lowest BCUT2D eigenvalue weighted by atomic mass is 10.1. The van der Waals surface area contributed by atoms with Crippen LogP contribution in [-0.2, 0) is 17.7 Å². The van der Waals surface area contributed by atoms with Crippen LogP contribution in [0.4, 0.5) is 0 Å². The van der Waals surface area contributed by atoms with Gasteiger partial charge in [0.25, 0.3) is 5.91 Å². The quantitative estimate of drug-likeness (QED) is 0.769. The fraction of sp³-hybridized carbons (Fsp3) is 0.250. The Labute approximate surface area is 151 Å². The number of pyridine rings is 1. The van der Waals surface area contributed by atoms with Crippen LogP contribution in [0, 0.1) is 0 Å². The van der Waals surface area contributed by atoms with Gasteiger partial charge in [-0.25, -0.2) is 0 Å². The predicted molar refractivity (Wildman–Crippen MR) is 96.7 cm³/mol. The maximum atomic E-state index is 12.2. The molecule has 0 spiro atoms. The highest BCUT2D eigenvalue weighted by Crippen LogP contribution is 2.25. The number of fused-ring (bicyclic) bond motifs is 1. The molecule has 0 radical (unpaired) electrons. The van der Waals surface area contributed by atoms with Gasteiger partial charge >= 0.3 is 0 Å². The van der Waals surface area contributed by atoms with Crippen molar-refractivity contribution >= 4 is 5.91 Å². The summed E-state index contributed by atoms with van der Waals surface area (Å²) < 4.78 is 7.80. The van der Waals surface area contributed by atoms with E-state index in [1.807, 2.05) is 22.9 Å². The number of amides is 1. The van der Waals surface area contributed by atoms with Crippen LogP contribution in [0.2, 0.25) is 0 Å². The van der Waals surface area contributed by atoms with Crippen molar-refractivity contribution in [1.82, 2.24) is 20.1 Å². The number of aromatic nitrogens is 3. The Hall–Kier alpha value is -2.99. The molecule has 6 nitrogen and oxygen atoms in total. The van der Waals surface area contributed by atoms with Crippen LogP contribution in [0.15, 0.2) is 61.1 Å².